The number of nitrogens with zero attached hydrogens (tertiary/aromatic N) is 1. The number of rotatable bonds is 4. The van der Waals surface area contributed by atoms with E-state index < -0.39 is 11.9 Å². The number of carboxylic acid groups (broad SMARTS) is 1. The zero-order valence-corrected chi connectivity index (χ0v) is 12.2. The monoisotopic (exact) mass is 292 g/mol. The van der Waals surface area contributed by atoms with Gasteiger partial charge in [0.2, 0.25) is 0 Å². The summed E-state index contributed by atoms with van der Waals surface area (Å²) < 4.78 is 0. The lowest BCUT2D eigenvalue weighted by Crippen LogP contribution is -2.07. The summed E-state index contributed by atoms with van der Waals surface area (Å²) in [6, 6.07) is 18.1. The predicted octanol–water partition coefficient (Wildman–Crippen LogP) is 3.93. The summed E-state index contributed by atoms with van der Waals surface area (Å²) in [6.07, 6.45) is 1.58. The Morgan fingerprint density at radius 3 is 2.23 bits per heavy atom. The molecule has 1 unspecified atom stereocenters. The van der Waals surface area contributed by atoms with Gasteiger partial charge in [-0.05, 0) is 23.6 Å². The number of aromatic amines is 1. The first kappa shape index (κ1) is 14.1. The molecular formula is C18H16N2O2. The third-order valence-corrected chi connectivity index (χ3v) is 3.79. The summed E-state index contributed by atoms with van der Waals surface area (Å²) in [5.41, 5.74) is 4.66. The molecule has 0 aliphatic rings. The Balaban J connectivity index is 1.94. The number of carbonyl (C=O) groups is 1. The largest absolute Gasteiger partial charge is 0.481 e. The van der Waals surface area contributed by atoms with Crippen molar-refractivity contribution in [1.29, 1.82) is 0 Å². The highest BCUT2D eigenvalue weighted by atomic mass is 16.4. The van der Waals surface area contributed by atoms with Crippen LogP contribution in [0.5, 0.6) is 0 Å². The van der Waals surface area contributed by atoms with Crippen molar-refractivity contribution in [1.82, 2.24) is 10.2 Å². The van der Waals surface area contributed by atoms with Crippen LogP contribution in [0.1, 0.15) is 18.4 Å². The van der Waals surface area contributed by atoms with E-state index in [1.165, 1.54) is 0 Å². The van der Waals surface area contributed by atoms with Gasteiger partial charge in [-0.15, -0.1) is 0 Å². The number of aliphatic carboxylic acids is 1. The fourth-order valence-corrected chi connectivity index (χ4v) is 2.45. The van der Waals surface area contributed by atoms with Crippen LogP contribution in [0.4, 0.5) is 0 Å². The second-order valence-electron chi connectivity index (χ2n) is 5.20. The van der Waals surface area contributed by atoms with Gasteiger partial charge in [-0.3, -0.25) is 9.89 Å². The summed E-state index contributed by atoms with van der Waals surface area (Å²) >= 11 is 0. The van der Waals surface area contributed by atoms with Crippen molar-refractivity contribution in [3.05, 3.63) is 66.4 Å². The van der Waals surface area contributed by atoms with Crippen LogP contribution in [0.2, 0.25) is 0 Å². The molecule has 2 N–H and O–H groups in total. The van der Waals surface area contributed by atoms with Crippen molar-refractivity contribution in [3.8, 4) is 22.4 Å². The number of H-pyrrole nitrogens is 1. The Kier molecular flexibility index (Phi) is 3.74. The Hall–Kier alpha value is -2.88. The summed E-state index contributed by atoms with van der Waals surface area (Å²) in [4.78, 5) is 11.2. The first-order valence-corrected chi connectivity index (χ1v) is 7.08. The van der Waals surface area contributed by atoms with Crippen LogP contribution in [0, 0.1) is 0 Å². The third-order valence-electron chi connectivity index (χ3n) is 3.79. The molecule has 3 aromatic rings. The first-order chi connectivity index (χ1) is 10.7. The maximum atomic E-state index is 11.2. The fourth-order valence-electron chi connectivity index (χ4n) is 2.45. The Labute approximate surface area is 128 Å². The Morgan fingerprint density at radius 2 is 1.59 bits per heavy atom. The van der Waals surface area contributed by atoms with Gasteiger partial charge in [0.15, 0.2) is 0 Å². The molecule has 0 saturated carbocycles. The number of carboxylic acids is 1. The van der Waals surface area contributed by atoms with Gasteiger partial charge in [-0.2, -0.15) is 5.10 Å². The van der Waals surface area contributed by atoms with E-state index in [9.17, 15) is 9.90 Å². The van der Waals surface area contributed by atoms with Gasteiger partial charge < -0.3 is 5.11 Å². The summed E-state index contributed by atoms with van der Waals surface area (Å²) in [6.45, 7) is 1.66. The molecule has 2 aromatic carbocycles. The quantitative estimate of drug-likeness (QED) is 0.765. The van der Waals surface area contributed by atoms with Gasteiger partial charge in [0.25, 0.3) is 0 Å². The zero-order chi connectivity index (χ0) is 15.5. The van der Waals surface area contributed by atoms with Crippen molar-refractivity contribution in [2.75, 3.05) is 0 Å². The van der Waals surface area contributed by atoms with Crippen LogP contribution >= 0.6 is 0 Å². The van der Waals surface area contributed by atoms with Gasteiger partial charge >= 0.3 is 5.97 Å². The van der Waals surface area contributed by atoms with Gasteiger partial charge in [0, 0.05) is 5.56 Å². The van der Waals surface area contributed by atoms with E-state index >= 15 is 0 Å². The summed E-state index contributed by atoms with van der Waals surface area (Å²) in [5, 5.41) is 16.1. The van der Waals surface area contributed by atoms with Crippen LogP contribution in [0.15, 0.2) is 60.8 Å². The van der Waals surface area contributed by atoms with Gasteiger partial charge in [-0.1, -0.05) is 54.6 Å². The van der Waals surface area contributed by atoms with Crippen molar-refractivity contribution in [3.63, 3.8) is 0 Å². The molecule has 0 radical (unpaired) electrons. The van der Waals surface area contributed by atoms with E-state index in [0.717, 1.165) is 22.4 Å². The minimum Gasteiger partial charge on any atom is -0.481 e. The lowest BCUT2D eigenvalue weighted by Gasteiger charge is -2.08. The van der Waals surface area contributed by atoms with Crippen LogP contribution in [0.3, 0.4) is 0 Å². The number of hydrogen-bond acceptors (Lipinski definition) is 2. The number of aromatic nitrogens is 2. The smallest absolute Gasteiger partial charge is 0.310 e. The molecular weight excluding hydrogens is 276 g/mol. The van der Waals surface area contributed by atoms with Gasteiger partial charge in [0.1, 0.15) is 0 Å². The standard InChI is InChI=1S/C18H16N2O2/c1-12(18(21)22)16-11-19-20-17(16)15-9-7-14(8-10-15)13-5-3-2-4-6-13/h2-12H,1H3,(H,19,20)(H,21,22). The molecule has 4 nitrogen and oxygen atoms in total. The van der Waals surface area contributed by atoms with E-state index in [-0.39, 0.29) is 0 Å². The molecule has 4 heteroatoms. The molecule has 1 heterocycles. The van der Waals surface area contributed by atoms with Gasteiger partial charge in [-0.25, -0.2) is 0 Å². The second kappa shape index (κ2) is 5.85. The highest BCUT2D eigenvalue weighted by Gasteiger charge is 2.20. The highest BCUT2D eigenvalue weighted by molar-refractivity contribution is 5.80. The first-order valence-electron chi connectivity index (χ1n) is 7.08. The van der Waals surface area contributed by atoms with Crippen molar-refractivity contribution in [2.24, 2.45) is 0 Å². The minimum absolute atomic E-state index is 0.595. The van der Waals surface area contributed by atoms with Crippen LogP contribution in [0.25, 0.3) is 22.4 Å². The molecule has 0 aliphatic carbocycles. The van der Waals surface area contributed by atoms with E-state index in [1.54, 1.807) is 13.1 Å². The lowest BCUT2D eigenvalue weighted by molar-refractivity contribution is -0.138. The van der Waals surface area contributed by atoms with E-state index in [0.29, 0.717) is 5.56 Å². The molecule has 0 saturated heterocycles. The van der Waals surface area contributed by atoms with E-state index in [4.69, 9.17) is 0 Å². The van der Waals surface area contributed by atoms with Crippen molar-refractivity contribution in [2.45, 2.75) is 12.8 Å². The zero-order valence-electron chi connectivity index (χ0n) is 12.2. The molecule has 0 aliphatic heterocycles. The maximum Gasteiger partial charge on any atom is 0.310 e. The number of benzene rings is 2. The molecule has 22 heavy (non-hydrogen) atoms. The van der Waals surface area contributed by atoms with Crippen LogP contribution < -0.4 is 0 Å². The predicted molar refractivity (Wildman–Crippen MR) is 85.5 cm³/mol. The van der Waals surface area contributed by atoms with Crippen molar-refractivity contribution < 1.29 is 9.90 Å². The Morgan fingerprint density at radius 1 is 1.00 bits per heavy atom. The molecule has 0 amide bonds. The maximum absolute atomic E-state index is 11.2. The summed E-state index contributed by atoms with van der Waals surface area (Å²) in [5.74, 6) is -1.45. The normalized spacial score (nSPS) is 12.0. The van der Waals surface area contributed by atoms with E-state index in [1.807, 2.05) is 42.5 Å². The molecule has 0 spiro atoms. The third kappa shape index (κ3) is 2.63. The highest BCUT2D eigenvalue weighted by Crippen LogP contribution is 2.29. The Bertz CT molecular complexity index is 776. The SMILES string of the molecule is CC(C(=O)O)c1cn[nH]c1-c1ccc(-c2ccccc2)cc1. The average molecular weight is 292 g/mol. The van der Waals surface area contributed by atoms with E-state index in [2.05, 4.69) is 22.3 Å². The number of nitrogens with one attached hydrogen (secondary N) is 1. The molecule has 1 atom stereocenters. The lowest BCUT2D eigenvalue weighted by atomic mass is 9.97. The summed E-state index contributed by atoms with van der Waals surface area (Å²) in [7, 11) is 0. The molecule has 110 valence electrons. The molecule has 3 rings (SSSR count). The van der Waals surface area contributed by atoms with Crippen LogP contribution in [-0.2, 0) is 4.79 Å². The van der Waals surface area contributed by atoms with Crippen LogP contribution in [-0.4, -0.2) is 21.3 Å². The topological polar surface area (TPSA) is 66.0 Å². The average Bonchev–Trinajstić information content (AvgIpc) is 3.04. The molecule has 1 aromatic heterocycles. The molecule has 0 bridgehead atoms. The van der Waals surface area contributed by atoms with Gasteiger partial charge in [0.05, 0.1) is 17.8 Å². The fraction of sp³-hybridized carbons (Fsp3) is 0.111. The second-order valence-corrected chi connectivity index (χ2v) is 5.20. The van der Waals surface area contributed by atoms with Crippen molar-refractivity contribution >= 4 is 5.97 Å². The molecule has 0 fully saturated rings. The minimum atomic E-state index is -0.858. The number of hydrogen-bond donors (Lipinski definition) is 2.